The number of hydrogen-bond acceptors (Lipinski definition) is 3. The van der Waals surface area contributed by atoms with Gasteiger partial charge in [-0.3, -0.25) is 4.79 Å². The molecule has 117 valence electrons. The fraction of sp³-hybridized carbons (Fsp3) is 0.938. The minimum atomic E-state index is -0.472. The first kappa shape index (κ1) is 17.4. The fourth-order valence-electron chi connectivity index (χ4n) is 3.22. The van der Waals surface area contributed by atoms with Gasteiger partial charge in [-0.1, -0.05) is 27.7 Å². The predicted octanol–water partition coefficient (Wildman–Crippen LogP) is 3.72. The molecule has 0 aromatic rings. The van der Waals surface area contributed by atoms with Gasteiger partial charge < -0.3 is 4.74 Å². The van der Waals surface area contributed by atoms with Crippen LogP contribution in [0.5, 0.6) is 0 Å². The zero-order chi connectivity index (χ0) is 15.6. The summed E-state index contributed by atoms with van der Waals surface area (Å²) in [6.45, 7) is 12.1. The average molecular weight is 284 g/mol. The molecule has 4 atom stereocenters. The molecule has 0 spiro atoms. The first-order valence-corrected chi connectivity index (χ1v) is 7.92. The number of hydrogen-bond donors (Lipinski definition) is 0. The molecule has 0 aliphatic carbocycles. The van der Waals surface area contributed by atoms with Crippen LogP contribution in [-0.2, 0) is 14.7 Å². The Morgan fingerprint density at radius 3 is 2.30 bits per heavy atom. The molecule has 4 nitrogen and oxygen atoms in total. The summed E-state index contributed by atoms with van der Waals surface area (Å²) in [6.07, 6.45) is 3.24. The minimum Gasteiger partial charge on any atom is -0.462 e. The van der Waals surface area contributed by atoms with Crippen molar-refractivity contribution in [3.63, 3.8) is 0 Å². The third-order valence-corrected chi connectivity index (χ3v) is 5.35. The summed E-state index contributed by atoms with van der Waals surface area (Å²) >= 11 is 0. The third kappa shape index (κ3) is 3.01. The maximum atomic E-state index is 12.8. The predicted molar refractivity (Wildman–Crippen MR) is 78.5 cm³/mol. The van der Waals surface area contributed by atoms with E-state index < -0.39 is 11.1 Å². The van der Waals surface area contributed by atoms with Crippen molar-refractivity contribution in [1.29, 1.82) is 0 Å². The van der Waals surface area contributed by atoms with Crippen molar-refractivity contribution < 1.29 is 14.7 Å². The molecule has 1 rings (SSSR count). The monoisotopic (exact) mass is 284 g/mol. The fourth-order valence-corrected chi connectivity index (χ4v) is 3.22. The van der Waals surface area contributed by atoms with Crippen LogP contribution in [0.1, 0.15) is 73.6 Å². The topological polar surface area (TPSA) is 49.4 Å². The summed E-state index contributed by atoms with van der Waals surface area (Å²) in [5.74, 6) is -0.0916. The lowest BCUT2D eigenvalue weighted by Gasteiger charge is -2.55. The lowest BCUT2D eigenvalue weighted by molar-refractivity contribution is -0.324. The summed E-state index contributed by atoms with van der Waals surface area (Å²) in [5.41, 5.74) is -0.922. The molecule has 0 bridgehead atoms. The highest BCUT2D eigenvalue weighted by Crippen LogP contribution is 2.45. The lowest BCUT2D eigenvalue weighted by Crippen LogP contribution is -2.66. The van der Waals surface area contributed by atoms with Gasteiger partial charge in [-0.05, 0) is 33.1 Å². The van der Waals surface area contributed by atoms with Crippen LogP contribution in [-0.4, -0.2) is 28.2 Å². The molecule has 0 saturated carbocycles. The summed E-state index contributed by atoms with van der Waals surface area (Å²) < 4.78 is 5.68. The van der Waals surface area contributed by atoms with E-state index in [1.165, 1.54) is 5.06 Å². The van der Waals surface area contributed by atoms with Gasteiger partial charge in [0.2, 0.25) is 0 Å². The summed E-state index contributed by atoms with van der Waals surface area (Å²) in [4.78, 5) is 11.8. The van der Waals surface area contributed by atoms with Crippen molar-refractivity contribution in [2.45, 2.75) is 90.8 Å². The van der Waals surface area contributed by atoms with Crippen LogP contribution in [0.3, 0.4) is 0 Å². The first-order chi connectivity index (χ1) is 9.25. The molecule has 0 aromatic carbocycles. The van der Waals surface area contributed by atoms with Gasteiger partial charge in [0.25, 0.3) is 0 Å². The average Bonchev–Trinajstić information content (AvgIpc) is 2.42. The highest BCUT2D eigenvalue weighted by atomic mass is 16.5. The zero-order valence-corrected chi connectivity index (χ0v) is 13.9. The van der Waals surface area contributed by atoms with Crippen LogP contribution in [0.25, 0.3) is 0 Å². The van der Waals surface area contributed by atoms with Gasteiger partial charge in [-0.2, -0.15) is 0 Å². The third-order valence-electron chi connectivity index (χ3n) is 5.35. The lowest BCUT2D eigenvalue weighted by atomic mass is 9.69. The second-order valence-corrected chi connectivity index (χ2v) is 6.63. The number of nitrogens with zero attached hydrogens (tertiary/aromatic N) is 1. The molecule has 0 aromatic heterocycles. The molecule has 4 heteroatoms. The zero-order valence-electron chi connectivity index (χ0n) is 13.9. The van der Waals surface area contributed by atoms with Gasteiger partial charge in [-0.25, -0.2) is 0 Å². The van der Waals surface area contributed by atoms with E-state index in [-0.39, 0.29) is 18.0 Å². The van der Waals surface area contributed by atoms with Gasteiger partial charge in [-0.15, -0.1) is 10.3 Å². The van der Waals surface area contributed by atoms with Crippen molar-refractivity contribution in [1.82, 2.24) is 5.06 Å². The van der Waals surface area contributed by atoms with Crippen molar-refractivity contribution in [2.75, 3.05) is 0 Å². The molecule has 4 unspecified atom stereocenters. The molecule has 1 heterocycles. The Morgan fingerprint density at radius 2 is 1.85 bits per heavy atom. The molecule has 1 aliphatic heterocycles. The van der Waals surface area contributed by atoms with E-state index in [1.54, 1.807) is 0 Å². The largest absolute Gasteiger partial charge is 0.462 e. The van der Waals surface area contributed by atoms with Gasteiger partial charge in [0.1, 0.15) is 6.10 Å². The molecule has 1 fully saturated rings. The number of hydroxylamine groups is 2. The van der Waals surface area contributed by atoms with Crippen LogP contribution < -0.4 is 0 Å². The first-order valence-electron chi connectivity index (χ1n) is 7.92. The van der Waals surface area contributed by atoms with Gasteiger partial charge in [0.05, 0.1) is 11.1 Å². The SMILES string of the molecule is CCCC(=O)OC1CC(C)(CC)N([O])C(C)(CC)C1C. The normalized spacial score (nSPS) is 38.8. The van der Waals surface area contributed by atoms with E-state index in [0.29, 0.717) is 12.8 Å². The maximum absolute atomic E-state index is 12.8. The summed E-state index contributed by atoms with van der Waals surface area (Å²) in [7, 11) is 0. The quantitative estimate of drug-likeness (QED) is 0.723. The number of ether oxygens (including phenoxy) is 1. The maximum Gasteiger partial charge on any atom is 0.306 e. The molecular formula is C16H30NO3. The highest BCUT2D eigenvalue weighted by Gasteiger charge is 2.54. The Labute approximate surface area is 123 Å². The minimum absolute atomic E-state index is 0.0467. The van der Waals surface area contributed by atoms with Crippen LogP contribution in [0.4, 0.5) is 0 Å². The van der Waals surface area contributed by atoms with Gasteiger partial charge >= 0.3 is 5.97 Å². The number of piperidine rings is 1. The second kappa shape index (κ2) is 6.44. The van der Waals surface area contributed by atoms with Crippen LogP contribution in [0.2, 0.25) is 0 Å². The van der Waals surface area contributed by atoms with Crippen molar-refractivity contribution in [2.24, 2.45) is 5.92 Å². The molecule has 1 radical (unpaired) electrons. The van der Waals surface area contributed by atoms with Crippen molar-refractivity contribution in [3.05, 3.63) is 0 Å². The number of esters is 1. The van der Waals surface area contributed by atoms with Crippen LogP contribution >= 0.6 is 0 Å². The summed E-state index contributed by atoms with van der Waals surface area (Å²) in [5, 5.41) is 14.0. The van der Waals surface area contributed by atoms with Gasteiger partial charge in [0, 0.05) is 18.8 Å². The molecule has 1 aliphatic rings. The summed E-state index contributed by atoms with van der Waals surface area (Å²) in [6, 6.07) is 0. The molecule has 1 saturated heterocycles. The van der Waals surface area contributed by atoms with E-state index in [2.05, 4.69) is 0 Å². The van der Waals surface area contributed by atoms with E-state index in [1.807, 2.05) is 41.5 Å². The molecule has 20 heavy (non-hydrogen) atoms. The van der Waals surface area contributed by atoms with E-state index in [4.69, 9.17) is 4.74 Å². The van der Waals surface area contributed by atoms with Gasteiger partial charge in [0.15, 0.2) is 0 Å². The standard InChI is InChI=1S/C16H30NO3/c1-7-10-14(18)20-13-11-15(5,8-2)17(19)16(6,9-3)12(13)4/h12-13H,7-11H2,1-6H3. The Hall–Kier alpha value is -0.610. The van der Waals surface area contributed by atoms with Crippen LogP contribution in [0.15, 0.2) is 0 Å². The highest BCUT2D eigenvalue weighted by molar-refractivity contribution is 5.69. The smallest absolute Gasteiger partial charge is 0.306 e. The number of carbonyl (C=O) groups is 1. The Kier molecular flexibility index (Phi) is 5.61. The molecule has 0 N–H and O–H groups in total. The van der Waals surface area contributed by atoms with E-state index in [9.17, 15) is 10.0 Å². The Balaban J connectivity index is 2.99. The molecular weight excluding hydrogens is 254 g/mol. The Morgan fingerprint density at radius 1 is 1.25 bits per heavy atom. The van der Waals surface area contributed by atoms with Crippen molar-refractivity contribution in [3.8, 4) is 0 Å². The number of rotatable bonds is 5. The van der Waals surface area contributed by atoms with E-state index in [0.717, 1.165) is 19.3 Å². The molecule has 0 amide bonds. The Bertz CT molecular complexity index is 347. The number of carbonyl (C=O) groups excluding carboxylic acids is 1. The van der Waals surface area contributed by atoms with Crippen LogP contribution in [0, 0.1) is 5.92 Å². The second-order valence-electron chi connectivity index (χ2n) is 6.63. The van der Waals surface area contributed by atoms with Crippen molar-refractivity contribution >= 4 is 5.97 Å². The van der Waals surface area contributed by atoms with E-state index >= 15 is 0 Å².